The molecule has 0 spiro atoms. The first kappa shape index (κ1) is 20.3. The quantitative estimate of drug-likeness (QED) is 0.391. The second kappa shape index (κ2) is 10.2. The van der Waals surface area contributed by atoms with Crippen molar-refractivity contribution in [3.63, 3.8) is 0 Å². The zero-order valence-electron chi connectivity index (χ0n) is 15.2. The van der Waals surface area contributed by atoms with Crippen LogP contribution >= 0.6 is 0 Å². The summed E-state index contributed by atoms with van der Waals surface area (Å²) in [4.78, 5) is 2.86. The van der Waals surface area contributed by atoms with Gasteiger partial charge in [0.25, 0.3) is 0 Å². The Kier molecular flexibility index (Phi) is 7.39. The van der Waals surface area contributed by atoms with Crippen LogP contribution in [0.3, 0.4) is 0 Å². The highest BCUT2D eigenvalue weighted by Crippen LogP contribution is 2.28. The van der Waals surface area contributed by atoms with Gasteiger partial charge in [0, 0.05) is 4.91 Å². The highest BCUT2D eigenvalue weighted by atomic mass is 16.7. The molecule has 3 rings (SSSR count). The third kappa shape index (κ3) is 5.30. The molecular formula is C20H23N3O5. The molecule has 2 aromatic rings. The van der Waals surface area contributed by atoms with Crippen LogP contribution in [0.15, 0.2) is 65.8 Å². The van der Waals surface area contributed by atoms with Crippen molar-refractivity contribution >= 4 is 0 Å². The summed E-state index contributed by atoms with van der Waals surface area (Å²) in [5.41, 5.74) is 10.8. The lowest BCUT2D eigenvalue weighted by atomic mass is 10.0. The van der Waals surface area contributed by atoms with Crippen molar-refractivity contribution in [2.45, 2.75) is 43.9 Å². The molecule has 148 valence electrons. The summed E-state index contributed by atoms with van der Waals surface area (Å²) in [6, 6.07) is 18.3. The van der Waals surface area contributed by atoms with Crippen LogP contribution in [-0.2, 0) is 27.4 Å². The lowest BCUT2D eigenvalue weighted by molar-refractivity contribution is -0.133. The van der Waals surface area contributed by atoms with Crippen molar-refractivity contribution in [2.75, 3.05) is 6.61 Å². The van der Waals surface area contributed by atoms with E-state index in [1.807, 2.05) is 60.7 Å². The summed E-state index contributed by atoms with van der Waals surface area (Å²) in [5, 5.41) is 23.9. The zero-order chi connectivity index (χ0) is 19.8. The normalized spacial score (nSPS) is 25.2. The molecular weight excluding hydrogens is 362 g/mol. The molecule has 8 heteroatoms. The topological polar surface area (TPSA) is 117 Å². The summed E-state index contributed by atoms with van der Waals surface area (Å²) >= 11 is 0. The predicted octanol–water partition coefficient (Wildman–Crippen LogP) is 2.55. The van der Waals surface area contributed by atoms with Gasteiger partial charge in [-0.3, -0.25) is 0 Å². The van der Waals surface area contributed by atoms with Gasteiger partial charge in [-0.05, 0) is 16.7 Å². The average Bonchev–Trinajstić information content (AvgIpc) is 3.01. The fourth-order valence-electron chi connectivity index (χ4n) is 3.08. The summed E-state index contributed by atoms with van der Waals surface area (Å²) < 4.78 is 16.9. The fourth-order valence-corrected chi connectivity index (χ4v) is 3.08. The van der Waals surface area contributed by atoms with Crippen LogP contribution in [-0.4, -0.2) is 47.5 Å². The summed E-state index contributed by atoms with van der Waals surface area (Å²) in [5.74, 6) is 0. The van der Waals surface area contributed by atoms with Crippen LogP contribution < -0.4 is 0 Å². The minimum Gasteiger partial charge on any atom is -0.385 e. The standard InChI is InChI=1S/C20H23N3O5/c21-23-22-16(13-26-11-14-7-3-1-4-8-14)18-19(17(24)20(25)28-18)27-12-15-9-5-2-6-10-15/h1-10,16-20,24-25H,11-13H2/t16-,17+,18+,19+,20?/m1/s1. The number of aliphatic hydroxyl groups excluding tert-OH is 2. The van der Waals surface area contributed by atoms with Crippen molar-refractivity contribution < 1.29 is 24.4 Å². The zero-order valence-corrected chi connectivity index (χ0v) is 15.2. The van der Waals surface area contributed by atoms with Gasteiger partial charge >= 0.3 is 0 Å². The summed E-state index contributed by atoms with van der Waals surface area (Å²) in [6.45, 7) is 0.628. The van der Waals surface area contributed by atoms with Gasteiger partial charge in [-0.2, -0.15) is 0 Å². The third-order valence-electron chi connectivity index (χ3n) is 4.51. The number of benzene rings is 2. The Morgan fingerprint density at radius 1 is 1.00 bits per heavy atom. The van der Waals surface area contributed by atoms with E-state index in [4.69, 9.17) is 19.7 Å². The van der Waals surface area contributed by atoms with E-state index < -0.39 is 30.6 Å². The molecule has 1 aliphatic rings. The maximum atomic E-state index is 10.3. The number of aliphatic hydroxyl groups is 2. The SMILES string of the molecule is [N-]=[N+]=N[C@H](COCc1ccccc1)[C@@H]1OC(O)[C@@H](O)[C@@H]1OCc1ccccc1. The molecule has 0 amide bonds. The molecule has 0 saturated carbocycles. The number of hydrogen-bond acceptors (Lipinski definition) is 6. The predicted molar refractivity (Wildman–Crippen MR) is 101 cm³/mol. The van der Waals surface area contributed by atoms with Gasteiger partial charge in [-0.25, -0.2) is 0 Å². The van der Waals surface area contributed by atoms with Crippen LogP contribution in [0.4, 0.5) is 0 Å². The van der Waals surface area contributed by atoms with Gasteiger partial charge in [-0.1, -0.05) is 65.8 Å². The van der Waals surface area contributed by atoms with Crippen LogP contribution in [0.25, 0.3) is 10.4 Å². The van der Waals surface area contributed by atoms with E-state index in [0.29, 0.717) is 6.61 Å². The van der Waals surface area contributed by atoms with E-state index in [1.165, 1.54) is 0 Å². The molecule has 0 aromatic heterocycles. The Labute approximate surface area is 162 Å². The second-order valence-corrected chi connectivity index (χ2v) is 6.52. The molecule has 0 radical (unpaired) electrons. The lowest BCUT2D eigenvalue weighted by Crippen LogP contribution is -2.42. The van der Waals surface area contributed by atoms with Gasteiger partial charge in [0.1, 0.15) is 18.3 Å². The van der Waals surface area contributed by atoms with E-state index in [2.05, 4.69) is 10.0 Å². The van der Waals surface area contributed by atoms with Gasteiger partial charge in [0.15, 0.2) is 6.29 Å². The van der Waals surface area contributed by atoms with Crippen LogP contribution in [0.5, 0.6) is 0 Å². The highest BCUT2D eigenvalue weighted by Gasteiger charge is 2.47. The lowest BCUT2D eigenvalue weighted by Gasteiger charge is -2.25. The van der Waals surface area contributed by atoms with E-state index in [0.717, 1.165) is 11.1 Å². The molecule has 28 heavy (non-hydrogen) atoms. The second-order valence-electron chi connectivity index (χ2n) is 6.52. The molecule has 2 aromatic carbocycles. The Morgan fingerprint density at radius 3 is 2.21 bits per heavy atom. The molecule has 1 heterocycles. The summed E-state index contributed by atoms with van der Waals surface area (Å²) in [6.07, 6.45) is -4.36. The number of azide groups is 1. The van der Waals surface area contributed by atoms with Crippen LogP contribution in [0.1, 0.15) is 11.1 Å². The highest BCUT2D eigenvalue weighted by molar-refractivity contribution is 5.14. The molecule has 5 atom stereocenters. The van der Waals surface area contributed by atoms with Gasteiger partial charge < -0.3 is 24.4 Å². The molecule has 1 unspecified atom stereocenters. The van der Waals surface area contributed by atoms with Crippen molar-refractivity contribution in [2.24, 2.45) is 5.11 Å². The molecule has 0 bridgehead atoms. The summed E-state index contributed by atoms with van der Waals surface area (Å²) in [7, 11) is 0. The van der Waals surface area contributed by atoms with Crippen molar-refractivity contribution in [3.8, 4) is 0 Å². The van der Waals surface area contributed by atoms with Crippen molar-refractivity contribution in [1.82, 2.24) is 0 Å². The molecule has 1 aliphatic heterocycles. The van der Waals surface area contributed by atoms with Crippen molar-refractivity contribution in [3.05, 3.63) is 82.2 Å². The van der Waals surface area contributed by atoms with Gasteiger partial charge in [0.2, 0.25) is 0 Å². The largest absolute Gasteiger partial charge is 0.385 e. The first-order valence-corrected chi connectivity index (χ1v) is 9.02. The maximum absolute atomic E-state index is 10.3. The van der Waals surface area contributed by atoms with Crippen LogP contribution in [0.2, 0.25) is 0 Å². The van der Waals surface area contributed by atoms with Crippen molar-refractivity contribution in [1.29, 1.82) is 0 Å². The van der Waals surface area contributed by atoms with Gasteiger partial charge in [0.05, 0.1) is 25.9 Å². The maximum Gasteiger partial charge on any atom is 0.183 e. The molecule has 1 fully saturated rings. The Hall–Kier alpha value is -2.45. The molecule has 0 aliphatic carbocycles. The Balaban J connectivity index is 1.63. The number of hydrogen-bond donors (Lipinski definition) is 2. The number of rotatable bonds is 9. The van der Waals surface area contributed by atoms with E-state index in [1.54, 1.807) is 0 Å². The Bertz CT molecular complexity index is 770. The van der Waals surface area contributed by atoms with Crippen LogP contribution in [0, 0.1) is 0 Å². The first-order valence-electron chi connectivity index (χ1n) is 9.02. The van der Waals surface area contributed by atoms with Gasteiger partial charge in [-0.15, -0.1) is 0 Å². The monoisotopic (exact) mass is 385 g/mol. The molecule has 1 saturated heterocycles. The third-order valence-corrected chi connectivity index (χ3v) is 4.51. The molecule has 2 N–H and O–H groups in total. The molecule has 8 nitrogen and oxygen atoms in total. The number of nitrogens with zero attached hydrogens (tertiary/aromatic N) is 3. The Morgan fingerprint density at radius 2 is 1.61 bits per heavy atom. The minimum absolute atomic E-state index is 0.0637. The first-order chi connectivity index (χ1) is 13.7. The fraction of sp³-hybridized carbons (Fsp3) is 0.400. The smallest absolute Gasteiger partial charge is 0.183 e. The number of ether oxygens (including phenoxy) is 3. The van der Waals surface area contributed by atoms with E-state index >= 15 is 0 Å². The van der Waals surface area contributed by atoms with E-state index in [9.17, 15) is 10.2 Å². The van der Waals surface area contributed by atoms with E-state index in [-0.39, 0.29) is 13.2 Å². The average molecular weight is 385 g/mol. The minimum atomic E-state index is -1.42.